The fourth-order valence-corrected chi connectivity index (χ4v) is 4.14. The molecule has 0 aliphatic heterocycles. The van der Waals surface area contributed by atoms with Crippen LogP contribution >= 0.6 is 0 Å². The standard InChI is InChI=1S/C30H24F4N4O2/c1-29(2)15-13-19(14-16-29)21-5-12-26(31)25(17-21)28(39)36-22-6-3-20(4-7-22)27-35-18-38(37-27)23-8-10-24(11-9-23)40-30(32,33)34/h3-15,17-18H,16H2,1-2H3,(H,36,39). The third-order valence-corrected chi connectivity index (χ3v) is 6.33. The molecule has 0 bridgehead atoms. The lowest BCUT2D eigenvalue weighted by atomic mass is 9.82. The minimum atomic E-state index is -4.77. The van der Waals surface area contributed by atoms with Crippen LogP contribution in [-0.2, 0) is 0 Å². The number of carbonyl (C=O) groups is 1. The first-order valence-electron chi connectivity index (χ1n) is 12.3. The molecule has 4 aromatic rings. The van der Waals surface area contributed by atoms with Gasteiger partial charge in [0.2, 0.25) is 0 Å². The Kier molecular flexibility index (Phi) is 7.01. The van der Waals surface area contributed by atoms with Crippen molar-refractivity contribution in [3.63, 3.8) is 0 Å². The highest BCUT2D eigenvalue weighted by Crippen LogP contribution is 2.33. The van der Waals surface area contributed by atoms with E-state index in [0.29, 0.717) is 22.8 Å². The Morgan fingerprint density at radius 3 is 2.35 bits per heavy atom. The Balaban J connectivity index is 1.26. The molecule has 1 aliphatic carbocycles. The van der Waals surface area contributed by atoms with Gasteiger partial charge in [-0.2, -0.15) is 0 Å². The predicted molar refractivity (Wildman–Crippen MR) is 143 cm³/mol. The molecule has 0 spiro atoms. The number of halogens is 4. The third kappa shape index (κ3) is 6.28. The van der Waals surface area contributed by atoms with E-state index >= 15 is 0 Å². The van der Waals surface area contributed by atoms with Crippen molar-refractivity contribution in [2.45, 2.75) is 26.6 Å². The predicted octanol–water partition coefficient (Wildman–Crippen LogP) is 7.59. The Hall–Kier alpha value is -4.73. The maximum absolute atomic E-state index is 14.6. The second-order valence-electron chi connectivity index (χ2n) is 9.97. The summed E-state index contributed by atoms with van der Waals surface area (Å²) < 4.78 is 57.0. The summed E-state index contributed by atoms with van der Waals surface area (Å²) in [4.78, 5) is 17.2. The number of hydrogen-bond donors (Lipinski definition) is 1. The van der Waals surface area contributed by atoms with Gasteiger partial charge in [0.05, 0.1) is 11.3 Å². The van der Waals surface area contributed by atoms with E-state index in [1.54, 1.807) is 36.4 Å². The zero-order chi connectivity index (χ0) is 28.5. The maximum atomic E-state index is 14.6. The first-order chi connectivity index (χ1) is 19.0. The molecule has 0 fully saturated rings. The third-order valence-electron chi connectivity index (χ3n) is 6.33. The molecule has 1 N–H and O–H groups in total. The summed E-state index contributed by atoms with van der Waals surface area (Å²) in [7, 11) is 0. The van der Waals surface area contributed by atoms with Crippen LogP contribution in [0.15, 0.2) is 91.3 Å². The van der Waals surface area contributed by atoms with Crippen molar-refractivity contribution < 1.29 is 27.1 Å². The van der Waals surface area contributed by atoms with Crippen LogP contribution in [0.2, 0.25) is 0 Å². The Morgan fingerprint density at radius 2 is 1.70 bits per heavy atom. The Labute approximate surface area is 227 Å². The molecule has 0 unspecified atom stereocenters. The van der Waals surface area contributed by atoms with Crippen LogP contribution in [0.5, 0.6) is 5.75 Å². The minimum absolute atomic E-state index is 0.0597. The topological polar surface area (TPSA) is 69.0 Å². The van der Waals surface area contributed by atoms with Crippen LogP contribution in [0.1, 0.15) is 36.2 Å². The van der Waals surface area contributed by atoms with E-state index in [0.717, 1.165) is 17.6 Å². The van der Waals surface area contributed by atoms with Gasteiger partial charge in [0.25, 0.3) is 5.91 Å². The summed E-state index contributed by atoms with van der Waals surface area (Å²) in [5.41, 5.74) is 3.28. The van der Waals surface area contributed by atoms with E-state index in [2.05, 4.69) is 46.1 Å². The number of hydrogen-bond acceptors (Lipinski definition) is 4. The van der Waals surface area contributed by atoms with Gasteiger partial charge in [-0.3, -0.25) is 4.79 Å². The van der Waals surface area contributed by atoms with Gasteiger partial charge < -0.3 is 10.1 Å². The lowest BCUT2D eigenvalue weighted by Crippen LogP contribution is -2.17. The van der Waals surface area contributed by atoms with Crippen molar-refractivity contribution in [2.75, 3.05) is 5.32 Å². The molecule has 0 atom stereocenters. The van der Waals surface area contributed by atoms with Crippen molar-refractivity contribution in [3.8, 4) is 22.8 Å². The summed E-state index contributed by atoms with van der Waals surface area (Å²) in [6.45, 7) is 4.26. The van der Waals surface area contributed by atoms with Gasteiger partial charge >= 0.3 is 6.36 Å². The lowest BCUT2D eigenvalue weighted by Gasteiger charge is -2.23. The smallest absolute Gasteiger partial charge is 0.406 e. The fraction of sp³-hybridized carbons (Fsp3) is 0.167. The monoisotopic (exact) mass is 548 g/mol. The highest BCUT2D eigenvalue weighted by atomic mass is 19.4. The highest BCUT2D eigenvalue weighted by Gasteiger charge is 2.31. The van der Waals surface area contributed by atoms with Crippen LogP contribution in [0.4, 0.5) is 23.2 Å². The number of anilines is 1. The normalized spacial score (nSPS) is 14.5. The molecule has 1 amide bonds. The second-order valence-corrected chi connectivity index (χ2v) is 9.97. The minimum Gasteiger partial charge on any atom is -0.406 e. The first kappa shape index (κ1) is 26.9. The molecule has 10 heteroatoms. The number of benzene rings is 3. The van der Waals surface area contributed by atoms with Crippen LogP contribution in [-0.4, -0.2) is 27.0 Å². The molecule has 40 heavy (non-hydrogen) atoms. The van der Waals surface area contributed by atoms with E-state index in [-0.39, 0.29) is 16.7 Å². The zero-order valence-corrected chi connectivity index (χ0v) is 21.5. The molecule has 204 valence electrons. The molecule has 1 heterocycles. The largest absolute Gasteiger partial charge is 0.573 e. The first-order valence-corrected chi connectivity index (χ1v) is 12.3. The Morgan fingerprint density at radius 1 is 1.00 bits per heavy atom. The average Bonchev–Trinajstić information content (AvgIpc) is 3.39. The zero-order valence-electron chi connectivity index (χ0n) is 21.5. The van der Waals surface area contributed by atoms with Gasteiger partial charge in [-0.25, -0.2) is 14.1 Å². The molecule has 1 aliphatic rings. The molecule has 0 radical (unpaired) electrons. The van der Waals surface area contributed by atoms with Gasteiger partial charge in [0.15, 0.2) is 5.82 Å². The van der Waals surface area contributed by atoms with Gasteiger partial charge in [-0.1, -0.05) is 38.1 Å². The van der Waals surface area contributed by atoms with Crippen LogP contribution in [0.25, 0.3) is 22.6 Å². The number of carbonyl (C=O) groups excluding carboxylic acids is 1. The summed E-state index contributed by atoms with van der Waals surface area (Å²) in [5.74, 6) is -1.17. The van der Waals surface area contributed by atoms with E-state index in [1.807, 2.05) is 6.08 Å². The molecule has 0 saturated carbocycles. The number of ether oxygens (including phenoxy) is 1. The molecule has 1 aromatic heterocycles. The van der Waals surface area contributed by atoms with E-state index in [1.165, 1.54) is 41.3 Å². The highest BCUT2D eigenvalue weighted by molar-refractivity contribution is 6.05. The average molecular weight is 549 g/mol. The SMILES string of the molecule is CC1(C)C=CC(c2ccc(F)c(C(=O)Nc3ccc(-c4ncn(-c5ccc(OC(F)(F)F)cc5)n4)cc3)c2)=CC1. The number of aromatic nitrogens is 3. The quantitative estimate of drug-likeness (QED) is 0.252. The molecular formula is C30H24F4N4O2. The summed E-state index contributed by atoms with van der Waals surface area (Å²) in [6.07, 6.45) is 3.69. The van der Waals surface area contributed by atoms with Gasteiger partial charge in [-0.05, 0) is 83.6 Å². The van der Waals surface area contributed by atoms with E-state index in [4.69, 9.17) is 0 Å². The van der Waals surface area contributed by atoms with Crippen LogP contribution in [0.3, 0.4) is 0 Å². The van der Waals surface area contributed by atoms with Crippen LogP contribution in [0, 0.1) is 11.2 Å². The number of alkyl halides is 3. The number of nitrogens with one attached hydrogen (secondary N) is 1. The van der Waals surface area contributed by atoms with Crippen molar-refractivity contribution in [1.82, 2.24) is 14.8 Å². The van der Waals surface area contributed by atoms with E-state index < -0.39 is 18.1 Å². The van der Waals surface area contributed by atoms with Crippen molar-refractivity contribution in [3.05, 3.63) is 108 Å². The van der Waals surface area contributed by atoms with Gasteiger partial charge in [-0.15, -0.1) is 18.3 Å². The molecule has 6 nitrogen and oxygen atoms in total. The van der Waals surface area contributed by atoms with Crippen LogP contribution < -0.4 is 10.1 Å². The summed E-state index contributed by atoms with van der Waals surface area (Å²) >= 11 is 0. The second kappa shape index (κ2) is 10.4. The molecule has 3 aromatic carbocycles. The fourth-order valence-electron chi connectivity index (χ4n) is 4.14. The van der Waals surface area contributed by atoms with Crippen molar-refractivity contribution in [2.24, 2.45) is 5.41 Å². The van der Waals surface area contributed by atoms with Gasteiger partial charge in [0, 0.05) is 11.3 Å². The lowest BCUT2D eigenvalue weighted by molar-refractivity contribution is -0.274. The summed E-state index contributed by atoms with van der Waals surface area (Å²) in [5, 5.41) is 7.08. The molecule has 0 saturated heterocycles. The number of nitrogens with zero attached hydrogens (tertiary/aromatic N) is 3. The van der Waals surface area contributed by atoms with E-state index in [9.17, 15) is 22.4 Å². The molecule has 5 rings (SSSR count). The van der Waals surface area contributed by atoms with Gasteiger partial charge in [0.1, 0.15) is 17.9 Å². The maximum Gasteiger partial charge on any atom is 0.573 e. The van der Waals surface area contributed by atoms with Crippen molar-refractivity contribution >= 4 is 17.2 Å². The summed E-state index contributed by atoms with van der Waals surface area (Å²) in [6, 6.07) is 16.4. The number of allylic oxidation sites excluding steroid dienone is 4. The Bertz CT molecular complexity index is 1600. The number of amides is 1. The van der Waals surface area contributed by atoms with Crippen molar-refractivity contribution in [1.29, 1.82) is 0 Å². The molecular weight excluding hydrogens is 524 g/mol. The number of rotatable bonds is 6.